The van der Waals surface area contributed by atoms with Crippen LogP contribution in [0.25, 0.3) is 10.6 Å². The second-order valence-electron chi connectivity index (χ2n) is 5.90. The van der Waals surface area contributed by atoms with Crippen LogP contribution in [0.3, 0.4) is 0 Å². The van der Waals surface area contributed by atoms with Crippen molar-refractivity contribution in [2.24, 2.45) is 0 Å². The van der Waals surface area contributed by atoms with Gasteiger partial charge < -0.3 is 10.1 Å². The molecule has 0 radical (unpaired) electrons. The largest absolute Gasteiger partial charge is 0.493 e. The fraction of sp³-hybridized carbons (Fsp3) is 0.238. The predicted molar refractivity (Wildman–Crippen MR) is 118 cm³/mol. The number of carbonyl (C=O) groups excluding carboxylic acids is 1. The zero-order chi connectivity index (χ0) is 19.8. The van der Waals surface area contributed by atoms with Gasteiger partial charge in [-0.15, -0.1) is 23.1 Å². The fourth-order valence-electron chi connectivity index (χ4n) is 2.55. The molecule has 0 bridgehead atoms. The van der Waals surface area contributed by atoms with Crippen LogP contribution >= 0.6 is 34.7 Å². The molecule has 1 heterocycles. The van der Waals surface area contributed by atoms with E-state index in [4.69, 9.17) is 16.3 Å². The van der Waals surface area contributed by atoms with E-state index in [1.54, 1.807) is 11.8 Å². The Morgan fingerprint density at radius 3 is 2.79 bits per heavy atom. The number of halogens is 1. The van der Waals surface area contributed by atoms with E-state index in [0.717, 1.165) is 37.7 Å². The molecule has 1 aromatic heterocycles. The quantitative estimate of drug-likeness (QED) is 0.367. The number of thioether (sulfide) groups is 1. The number of para-hydroxylation sites is 1. The van der Waals surface area contributed by atoms with Crippen LogP contribution in [0.2, 0.25) is 5.02 Å². The molecule has 4 nitrogen and oxygen atoms in total. The molecule has 0 saturated heterocycles. The molecule has 1 N–H and O–H groups in total. The van der Waals surface area contributed by atoms with Gasteiger partial charge in [-0.25, -0.2) is 4.98 Å². The Hall–Kier alpha value is -2.02. The number of nitrogens with zero attached hydrogens (tertiary/aromatic N) is 1. The first-order valence-electron chi connectivity index (χ1n) is 8.97. The van der Waals surface area contributed by atoms with Gasteiger partial charge in [0.2, 0.25) is 5.91 Å². The monoisotopic (exact) mass is 432 g/mol. The lowest BCUT2D eigenvalue weighted by Crippen LogP contribution is -2.27. The van der Waals surface area contributed by atoms with Gasteiger partial charge in [0.15, 0.2) is 0 Å². The van der Waals surface area contributed by atoms with E-state index in [2.05, 4.69) is 10.3 Å². The van der Waals surface area contributed by atoms with Crippen LogP contribution < -0.4 is 10.1 Å². The predicted octanol–water partition coefficient (Wildman–Crippen LogP) is 5.31. The second kappa shape index (κ2) is 10.5. The number of nitrogens with one attached hydrogen (secondary N) is 1. The first kappa shape index (κ1) is 20.7. The molecule has 0 saturated carbocycles. The Morgan fingerprint density at radius 1 is 1.21 bits per heavy atom. The summed E-state index contributed by atoms with van der Waals surface area (Å²) in [6, 6.07) is 15.5. The van der Waals surface area contributed by atoms with E-state index < -0.39 is 0 Å². The summed E-state index contributed by atoms with van der Waals surface area (Å²) in [5.41, 5.74) is 1.73. The number of carbonyl (C=O) groups is 1. The standard InChI is InChI=1S/C21H21ClN2O2S2/c1-2-26-19-6-4-3-5-18(19)21-24-16(14-28-21)13-20(25)23-11-12-27-17-9-7-15(22)8-10-17/h3-10,14H,2,11-13H2,1H3,(H,23,25). The number of amides is 1. The molecule has 146 valence electrons. The minimum absolute atomic E-state index is 0.0216. The molecule has 0 fully saturated rings. The number of rotatable bonds is 9. The van der Waals surface area contributed by atoms with Crippen LogP contribution in [0.15, 0.2) is 58.8 Å². The molecule has 7 heteroatoms. The van der Waals surface area contributed by atoms with Crippen LogP contribution in [0.5, 0.6) is 5.75 Å². The van der Waals surface area contributed by atoms with Crippen molar-refractivity contribution in [3.05, 3.63) is 64.6 Å². The third kappa shape index (κ3) is 5.99. The Balaban J connectivity index is 1.48. The summed E-state index contributed by atoms with van der Waals surface area (Å²) in [7, 11) is 0. The Kier molecular flexibility index (Phi) is 7.77. The Labute approximate surface area is 178 Å². The van der Waals surface area contributed by atoms with Crippen molar-refractivity contribution in [2.45, 2.75) is 18.2 Å². The Bertz CT molecular complexity index is 913. The van der Waals surface area contributed by atoms with Crippen molar-refractivity contribution in [3.8, 4) is 16.3 Å². The highest BCUT2D eigenvalue weighted by Crippen LogP contribution is 2.32. The molecule has 1 amide bonds. The van der Waals surface area contributed by atoms with E-state index in [0.29, 0.717) is 13.2 Å². The first-order chi connectivity index (χ1) is 13.7. The highest BCUT2D eigenvalue weighted by atomic mass is 35.5. The van der Waals surface area contributed by atoms with Crippen LogP contribution in [-0.2, 0) is 11.2 Å². The number of ether oxygens (including phenoxy) is 1. The van der Waals surface area contributed by atoms with E-state index in [-0.39, 0.29) is 12.3 Å². The summed E-state index contributed by atoms with van der Waals surface area (Å²) >= 11 is 9.09. The molecule has 3 rings (SSSR count). The van der Waals surface area contributed by atoms with Crippen LogP contribution in [0, 0.1) is 0 Å². The lowest BCUT2D eigenvalue weighted by atomic mass is 10.2. The summed E-state index contributed by atoms with van der Waals surface area (Å²) in [6.07, 6.45) is 0.277. The van der Waals surface area contributed by atoms with Crippen LogP contribution in [0.4, 0.5) is 0 Å². The fourth-order valence-corrected chi connectivity index (χ4v) is 4.30. The molecular weight excluding hydrogens is 412 g/mol. The van der Waals surface area contributed by atoms with Gasteiger partial charge in [-0.1, -0.05) is 23.7 Å². The molecule has 0 aliphatic rings. The number of aromatic nitrogens is 1. The van der Waals surface area contributed by atoms with Crippen LogP contribution in [-0.4, -0.2) is 29.8 Å². The lowest BCUT2D eigenvalue weighted by molar-refractivity contribution is -0.120. The molecule has 0 aliphatic heterocycles. The number of benzene rings is 2. The van der Waals surface area contributed by atoms with Gasteiger partial charge in [0.05, 0.1) is 24.3 Å². The van der Waals surface area contributed by atoms with Crippen molar-refractivity contribution < 1.29 is 9.53 Å². The van der Waals surface area contributed by atoms with Crippen molar-refractivity contribution >= 4 is 40.6 Å². The maximum atomic E-state index is 12.2. The summed E-state index contributed by atoms with van der Waals surface area (Å²) in [5.74, 6) is 1.60. The van der Waals surface area contributed by atoms with Gasteiger partial charge >= 0.3 is 0 Å². The zero-order valence-corrected chi connectivity index (χ0v) is 17.9. The summed E-state index contributed by atoms with van der Waals surface area (Å²) in [4.78, 5) is 17.9. The van der Waals surface area contributed by atoms with Gasteiger partial charge in [-0.05, 0) is 43.3 Å². The van der Waals surface area contributed by atoms with Crippen LogP contribution in [0.1, 0.15) is 12.6 Å². The average molecular weight is 433 g/mol. The molecule has 2 aromatic carbocycles. The molecule has 0 unspecified atom stereocenters. The summed E-state index contributed by atoms with van der Waals surface area (Å²) in [5, 5.41) is 6.47. The normalized spacial score (nSPS) is 10.6. The Morgan fingerprint density at radius 2 is 2.00 bits per heavy atom. The molecule has 0 atom stereocenters. The lowest BCUT2D eigenvalue weighted by Gasteiger charge is -2.07. The van der Waals surface area contributed by atoms with E-state index >= 15 is 0 Å². The SMILES string of the molecule is CCOc1ccccc1-c1nc(CC(=O)NCCSc2ccc(Cl)cc2)cs1. The minimum Gasteiger partial charge on any atom is -0.493 e. The second-order valence-corrected chi connectivity index (χ2v) is 8.37. The minimum atomic E-state index is -0.0216. The average Bonchev–Trinajstić information content (AvgIpc) is 3.15. The van der Waals surface area contributed by atoms with Gasteiger partial charge in [-0.3, -0.25) is 4.79 Å². The maximum absolute atomic E-state index is 12.2. The number of thiazole rings is 1. The van der Waals surface area contributed by atoms with Gasteiger partial charge in [-0.2, -0.15) is 0 Å². The zero-order valence-electron chi connectivity index (χ0n) is 15.5. The van der Waals surface area contributed by atoms with Crippen molar-refractivity contribution in [1.29, 1.82) is 0 Å². The molecular formula is C21H21ClN2O2S2. The van der Waals surface area contributed by atoms with Gasteiger partial charge in [0, 0.05) is 27.6 Å². The number of hydrogen-bond donors (Lipinski definition) is 1. The smallest absolute Gasteiger partial charge is 0.226 e. The topological polar surface area (TPSA) is 51.2 Å². The van der Waals surface area contributed by atoms with E-state index in [9.17, 15) is 4.79 Å². The van der Waals surface area contributed by atoms with E-state index in [1.807, 2.05) is 60.8 Å². The third-order valence-corrected chi connectivity index (χ3v) is 6.01. The third-order valence-electron chi connectivity index (χ3n) is 3.82. The van der Waals surface area contributed by atoms with Crippen molar-refractivity contribution in [2.75, 3.05) is 18.9 Å². The maximum Gasteiger partial charge on any atom is 0.226 e. The molecule has 3 aromatic rings. The van der Waals surface area contributed by atoms with Crippen molar-refractivity contribution in [3.63, 3.8) is 0 Å². The highest BCUT2D eigenvalue weighted by molar-refractivity contribution is 7.99. The molecule has 0 aliphatic carbocycles. The number of hydrogen-bond acceptors (Lipinski definition) is 5. The van der Waals surface area contributed by atoms with Gasteiger partial charge in [0.1, 0.15) is 10.8 Å². The summed E-state index contributed by atoms with van der Waals surface area (Å²) in [6.45, 7) is 3.17. The van der Waals surface area contributed by atoms with Crippen molar-refractivity contribution in [1.82, 2.24) is 10.3 Å². The van der Waals surface area contributed by atoms with E-state index in [1.165, 1.54) is 11.3 Å². The molecule has 28 heavy (non-hydrogen) atoms. The summed E-state index contributed by atoms with van der Waals surface area (Å²) < 4.78 is 5.67. The molecule has 0 spiro atoms. The van der Waals surface area contributed by atoms with Gasteiger partial charge in [0.25, 0.3) is 0 Å². The first-order valence-corrected chi connectivity index (χ1v) is 11.2. The highest BCUT2D eigenvalue weighted by Gasteiger charge is 2.12.